The second-order valence-corrected chi connectivity index (χ2v) is 13.3. The van der Waals surface area contributed by atoms with Gasteiger partial charge in [-0.15, -0.1) is 21.5 Å². The smallest absolute Gasteiger partial charge is 0.341 e. The third-order valence-electron chi connectivity index (χ3n) is 6.88. The molecule has 0 unspecified atom stereocenters. The summed E-state index contributed by atoms with van der Waals surface area (Å²) in [5.41, 5.74) is 3.26. The van der Waals surface area contributed by atoms with Crippen LogP contribution in [0.5, 0.6) is 0 Å². The number of anilines is 1. The molecule has 0 radical (unpaired) electrons. The van der Waals surface area contributed by atoms with E-state index in [1.807, 2.05) is 24.3 Å². The van der Waals surface area contributed by atoms with E-state index in [9.17, 15) is 14.4 Å². The Morgan fingerprint density at radius 1 is 1.12 bits per heavy atom. The topological polar surface area (TPSA) is 115 Å². The van der Waals surface area contributed by atoms with Gasteiger partial charge in [0, 0.05) is 17.5 Å². The molecule has 0 bridgehead atoms. The average molecular weight is 584 g/mol. The van der Waals surface area contributed by atoms with Crippen LogP contribution in [0.15, 0.2) is 29.4 Å². The summed E-state index contributed by atoms with van der Waals surface area (Å²) in [7, 11) is 1.80. The number of benzene rings is 1. The number of rotatable bonds is 9. The van der Waals surface area contributed by atoms with Gasteiger partial charge >= 0.3 is 5.97 Å². The molecular weight excluding hydrogens is 546 g/mol. The molecule has 214 valence electrons. The van der Waals surface area contributed by atoms with Crippen LogP contribution in [0, 0.1) is 0 Å². The van der Waals surface area contributed by atoms with Gasteiger partial charge in [0.25, 0.3) is 5.91 Å². The number of nitrogens with zero attached hydrogens (tertiary/aromatic N) is 3. The van der Waals surface area contributed by atoms with Crippen LogP contribution in [-0.4, -0.2) is 44.4 Å². The van der Waals surface area contributed by atoms with Gasteiger partial charge in [-0.2, -0.15) is 0 Å². The highest BCUT2D eigenvalue weighted by Gasteiger charge is 2.29. The monoisotopic (exact) mass is 583 g/mol. The maximum absolute atomic E-state index is 13.1. The number of hydrogen-bond donors (Lipinski definition) is 2. The number of amides is 2. The van der Waals surface area contributed by atoms with Crippen LogP contribution in [0.2, 0.25) is 0 Å². The second-order valence-electron chi connectivity index (χ2n) is 10.9. The standard InChI is InChI=1S/C29H37N5O4S2/c1-7-38-27(37)23-20-10-8-9-11-21(20)40-26(23)31-24(35)17(2)39-28-33-32-22(34(28)6)16-30-25(36)18-12-14-19(15-13-18)29(3,4)5/h12-15,17H,7-11,16H2,1-6H3,(H,30,36)(H,31,35)/t17-/m0/s1. The SMILES string of the molecule is CCOC(=O)c1c(NC(=O)[C@H](C)Sc2nnc(CNC(=O)c3ccc(C(C)(C)C)cc3)n2C)sc2c1CCCC2. The predicted octanol–water partition coefficient (Wildman–Crippen LogP) is 5.28. The minimum absolute atomic E-state index is 0.0160. The Morgan fingerprint density at radius 3 is 2.50 bits per heavy atom. The van der Waals surface area contributed by atoms with Crippen molar-refractivity contribution in [2.45, 2.75) is 82.7 Å². The van der Waals surface area contributed by atoms with Crippen LogP contribution in [0.3, 0.4) is 0 Å². The fraction of sp³-hybridized carbons (Fsp3) is 0.483. The van der Waals surface area contributed by atoms with Crippen molar-refractivity contribution in [2.24, 2.45) is 7.05 Å². The fourth-order valence-corrected chi connectivity index (χ4v) is 6.60. The lowest BCUT2D eigenvalue weighted by Gasteiger charge is -2.19. The first-order chi connectivity index (χ1) is 19.0. The van der Waals surface area contributed by atoms with Gasteiger partial charge in [0.15, 0.2) is 11.0 Å². The van der Waals surface area contributed by atoms with E-state index in [1.165, 1.54) is 23.1 Å². The van der Waals surface area contributed by atoms with Gasteiger partial charge in [0.05, 0.1) is 24.0 Å². The van der Waals surface area contributed by atoms with Crippen LogP contribution in [0.1, 0.15) is 90.0 Å². The summed E-state index contributed by atoms with van der Waals surface area (Å²) in [6, 6.07) is 7.59. The molecule has 9 nitrogen and oxygen atoms in total. The summed E-state index contributed by atoms with van der Waals surface area (Å²) >= 11 is 2.73. The molecule has 1 atom stereocenters. The molecule has 1 aromatic carbocycles. The van der Waals surface area contributed by atoms with Crippen LogP contribution in [0.25, 0.3) is 0 Å². The number of carbonyl (C=O) groups excluding carboxylic acids is 3. The average Bonchev–Trinajstić information content (AvgIpc) is 3.46. The number of carbonyl (C=O) groups is 3. The number of hydrogen-bond acceptors (Lipinski definition) is 8. The lowest BCUT2D eigenvalue weighted by molar-refractivity contribution is -0.115. The third-order valence-corrected chi connectivity index (χ3v) is 9.23. The van der Waals surface area contributed by atoms with Crippen molar-refractivity contribution in [3.8, 4) is 0 Å². The summed E-state index contributed by atoms with van der Waals surface area (Å²) in [6.45, 7) is 10.4. The number of fused-ring (bicyclic) bond motifs is 1. The van der Waals surface area contributed by atoms with E-state index in [4.69, 9.17) is 4.74 Å². The maximum atomic E-state index is 13.1. The maximum Gasteiger partial charge on any atom is 0.341 e. The molecule has 0 spiro atoms. The predicted molar refractivity (Wildman–Crippen MR) is 158 cm³/mol. The van der Waals surface area contributed by atoms with Gasteiger partial charge in [0.1, 0.15) is 5.00 Å². The quantitative estimate of drug-likeness (QED) is 0.260. The Labute approximate surface area is 243 Å². The van der Waals surface area contributed by atoms with Crippen molar-refractivity contribution in [1.29, 1.82) is 0 Å². The first-order valence-electron chi connectivity index (χ1n) is 13.6. The molecule has 0 saturated heterocycles. The number of esters is 1. The Bertz CT molecular complexity index is 1390. The largest absolute Gasteiger partial charge is 0.462 e. The molecule has 2 heterocycles. The van der Waals surface area contributed by atoms with E-state index in [1.54, 1.807) is 25.5 Å². The van der Waals surface area contributed by atoms with Gasteiger partial charge in [-0.3, -0.25) is 9.59 Å². The molecule has 2 N–H and O–H groups in total. The van der Waals surface area contributed by atoms with Gasteiger partial charge in [-0.05, 0) is 68.2 Å². The zero-order valence-electron chi connectivity index (χ0n) is 23.9. The van der Waals surface area contributed by atoms with Crippen LogP contribution >= 0.6 is 23.1 Å². The molecule has 2 amide bonds. The van der Waals surface area contributed by atoms with Crippen molar-refractivity contribution in [1.82, 2.24) is 20.1 Å². The number of nitrogens with one attached hydrogen (secondary N) is 2. The Hall–Kier alpha value is -3.18. The molecule has 0 fully saturated rings. The van der Waals surface area contributed by atoms with Crippen LogP contribution < -0.4 is 10.6 Å². The lowest BCUT2D eigenvalue weighted by atomic mass is 9.87. The molecule has 0 saturated carbocycles. The summed E-state index contributed by atoms with van der Waals surface area (Å²) < 4.78 is 7.06. The Morgan fingerprint density at radius 2 is 1.82 bits per heavy atom. The van der Waals surface area contributed by atoms with E-state index < -0.39 is 5.25 Å². The molecular formula is C29H37N5O4S2. The van der Waals surface area contributed by atoms with Crippen molar-refractivity contribution in [3.63, 3.8) is 0 Å². The fourth-order valence-electron chi connectivity index (χ4n) is 4.48. The molecule has 1 aliphatic rings. The second kappa shape index (κ2) is 12.6. The number of thioether (sulfide) groups is 1. The Kier molecular flexibility index (Phi) is 9.35. The summed E-state index contributed by atoms with van der Waals surface area (Å²) in [5.74, 6) is -0.236. The molecule has 1 aliphatic carbocycles. The number of ether oxygens (including phenoxy) is 1. The molecule has 40 heavy (non-hydrogen) atoms. The first-order valence-corrected chi connectivity index (χ1v) is 15.2. The van der Waals surface area contributed by atoms with Gasteiger partial charge in [0.2, 0.25) is 5.91 Å². The van der Waals surface area contributed by atoms with E-state index in [0.717, 1.165) is 41.7 Å². The summed E-state index contributed by atoms with van der Waals surface area (Å²) in [5, 5.41) is 14.9. The van der Waals surface area contributed by atoms with E-state index in [-0.39, 0.29) is 36.4 Å². The van der Waals surface area contributed by atoms with E-state index >= 15 is 0 Å². The molecule has 0 aliphatic heterocycles. The van der Waals surface area contributed by atoms with Gasteiger partial charge in [-0.25, -0.2) is 4.79 Å². The van der Waals surface area contributed by atoms with Crippen LogP contribution in [-0.2, 0) is 41.4 Å². The van der Waals surface area contributed by atoms with Crippen molar-refractivity contribution in [2.75, 3.05) is 11.9 Å². The molecule has 3 aromatic rings. The van der Waals surface area contributed by atoms with Gasteiger partial charge < -0.3 is 19.9 Å². The lowest BCUT2D eigenvalue weighted by Crippen LogP contribution is -2.25. The molecule has 2 aromatic heterocycles. The highest BCUT2D eigenvalue weighted by molar-refractivity contribution is 8.00. The third kappa shape index (κ3) is 6.75. The highest BCUT2D eigenvalue weighted by Crippen LogP contribution is 2.39. The van der Waals surface area contributed by atoms with E-state index in [2.05, 4.69) is 41.6 Å². The van der Waals surface area contributed by atoms with E-state index in [0.29, 0.717) is 27.1 Å². The normalized spacial score (nSPS) is 13.8. The number of thiophene rings is 1. The minimum atomic E-state index is -0.499. The van der Waals surface area contributed by atoms with Crippen LogP contribution in [0.4, 0.5) is 5.00 Å². The minimum Gasteiger partial charge on any atom is -0.462 e. The Balaban J connectivity index is 1.38. The number of aromatic nitrogens is 3. The molecule has 11 heteroatoms. The summed E-state index contributed by atoms with van der Waals surface area (Å²) in [4.78, 5) is 39.7. The number of aryl methyl sites for hydroxylation is 1. The zero-order chi connectivity index (χ0) is 29.0. The van der Waals surface area contributed by atoms with Crippen molar-refractivity contribution in [3.05, 3.63) is 57.2 Å². The highest BCUT2D eigenvalue weighted by atomic mass is 32.2. The zero-order valence-corrected chi connectivity index (χ0v) is 25.6. The van der Waals surface area contributed by atoms with Crippen molar-refractivity contribution < 1.29 is 19.1 Å². The molecule has 4 rings (SSSR count). The van der Waals surface area contributed by atoms with Crippen molar-refractivity contribution >= 4 is 45.9 Å². The van der Waals surface area contributed by atoms with Gasteiger partial charge in [-0.1, -0.05) is 44.7 Å². The summed E-state index contributed by atoms with van der Waals surface area (Å²) in [6.07, 6.45) is 3.83. The first kappa shape index (κ1) is 29.8.